The number of hydrogen-bond acceptors (Lipinski definition) is 2. The molecule has 1 saturated carbocycles. The SMILES string of the molecule is Cl.S=C(NCCc1cnc[nH]1)NC1CC1. The number of nitrogens with zero attached hydrogens (tertiary/aromatic N) is 1. The van der Waals surface area contributed by atoms with Crippen LogP contribution in [0, 0.1) is 0 Å². The third-order valence-corrected chi connectivity index (χ3v) is 2.41. The molecule has 3 N–H and O–H groups in total. The first-order valence-corrected chi connectivity index (χ1v) is 5.27. The fraction of sp³-hybridized carbons (Fsp3) is 0.556. The Kier molecular flexibility index (Phi) is 4.84. The molecule has 0 bridgehead atoms. The summed E-state index contributed by atoms with van der Waals surface area (Å²) in [6, 6.07) is 0.627. The lowest BCUT2D eigenvalue weighted by Gasteiger charge is -2.08. The lowest BCUT2D eigenvalue weighted by atomic mass is 10.3. The van der Waals surface area contributed by atoms with Gasteiger partial charge in [-0.1, -0.05) is 0 Å². The Morgan fingerprint density at radius 2 is 2.40 bits per heavy atom. The summed E-state index contributed by atoms with van der Waals surface area (Å²) in [5, 5.41) is 7.16. The lowest BCUT2D eigenvalue weighted by Crippen LogP contribution is -2.37. The summed E-state index contributed by atoms with van der Waals surface area (Å²) in [6.07, 6.45) is 6.95. The number of hydrogen-bond donors (Lipinski definition) is 3. The molecule has 2 rings (SSSR count). The van der Waals surface area contributed by atoms with Crippen LogP contribution in [-0.2, 0) is 6.42 Å². The van der Waals surface area contributed by atoms with Crippen molar-refractivity contribution < 1.29 is 0 Å². The topological polar surface area (TPSA) is 52.7 Å². The largest absolute Gasteiger partial charge is 0.362 e. The number of rotatable bonds is 4. The minimum atomic E-state index is 0. The van der Waals surface area contributed by atoms with Crippen molar-refractivity contribution in [1.82, 2.24) is 20.6 Å². The van der Waals surface area contributed by atoms with Gasteiger partial charge in [0.1, 0.15) is 0 Å². The van der Waals surface area contributed by atoms with Gasteiger partial charge in [-0.15, -0.1) is 12.4 Å². The van der Waals surface area contributed by atoms with E-state index in [2.05, 4.69) is 20.6 Å². The summed E-state index contributed by atoms with van der Waals surface area (Å²) in [7, 11) is 0. The fourth-order valence-electron chi connectivity index (χ4n) is 1.20. The number of halogens is 1. The van der Waals surface area contributed by atoms with Gasteiger partial charge in [-0.05, 0) is 25.1 Å². The Morgan fingerprint density at radius 1 is 1.60 bits per heavy atom. The number of thiocarbonyl (C=S) groups is 1. The molecule has 0 amide bonds. The summed E-state index contributed by atoms with van der Waals surface area (Å²) >= 11 is 5.12. The van der Waals surface area contributed by atoms with Crippen LogP contribution in [0.2, 0.25) is 0 Å². The molecule has 0 aliphatic heterocycles. The van der Waals surface area contributed by atoms with Crippen LogP contribution in [0.3, 0.4) is 0 Å². The summed E-state index contributed by atoms with van der Waals surface area (Å²) in [5.41, 5.74) is 1.13. The molecule has 15 heavy (non-hydrogen) atoms. The second kappa shape index (κ2) is 5.92. The normalized spacial score (nSPS) is 14.1. The number of aromatic nitrogens is 2. The molecule has 0 atom stereocenters. The van der Waals surface area contributed by atoms with E-state index in [4.69, 9.17) is 12.2 Å². The molecule has 84 valence electrons. The van der Waals surface area contributed by atoms with E-state index in [-0.39, 0.29) is 12.4 Å². The minimum absolute atomic E-state index is 0. The first-order valence-electron chi connectivity index (χ1n) is 4.86. The Bertz CT molecular complexity index is 297. The second-order valence-corrected chi connectivity index (χ2v) is 3.91. The van der Waals surface area contributed by atoms with Crippen molar-refractivity contribution in [2.75, 3.05) is 6.54 Å². The van der Waals surface area contributed by atoms with E-state index in [9.17, 15) is 0 Å². The highest BCUT2D eigenvalue weighted by Gasteiger charge is 2.21. The van der Waals surface area contributed by atoms with E-state index in [1.807, 2.05) is 6.20 Å². The van der Waals surface area contributed by atoms with Crippen LogP contribution >= 0.6 is 24.6 Å². The van der Waals surface area contributed by atoms with E-state index in [1.54, 1.807) is 6.33 Å². The monoisotopic (exact) mass is 246 g/mol. The zero-order valence-corrected chi connectivity index (χ0v) is 9.96. The molecule has 1 heterocycles. The van der Waals surface area contributed by atoms with E-state index in [0.29, 0.717) is 6.04 Å². The van der Waals surface area contributed by atoms with Crippen LogP contribution in [0.15, 0.2) is 12.5 Å². The van der Waals surface area contributed by atoms with Crippen LogP contribution in [0.4, 0.5) is 0 Å². The van der Waals surface area contributed by atoms with Crippen LogP contribution in [0.5, 0.6) is 0 Å². The summed E-state index contributed by atoms with van der Waals surface area (Å²) < 4.78 is 0. The molecule has 1 fully saturated rings. The van der Waals surface area contributed by atoms with E-state index >= 15 is 0 Å². The Hall–Kier alpha value is -0.810. The molecular weight excluding hydrogens is 232 g/mol. The third-order valence-electron chi connectivity index (χ3n) is 2.15. The predicted octanol–water partition coefficient (Wildman–Crippen LogP) is 1.00. The first-order chi connectivity index (χ1) is 6.84. The van der Waals surface area contributed by atoms with E-state index in [0.717, 1.165) is 23.8 Å². The molecule has 1 aliphatic carbocycles. The van der Waals surface area contributed by atoms with Gasteiger partial charge in [-0.25, -0.2) is 4.98 Å². The molecule has 0 saturated heterocycles. The van der Waals surface area contributed by atoms with Crippen molar-refractivity contribution in [3.8, 4) is 0 Å². The lowest BCUT2D eigenvalue weighted by molar-refractivity contribution is 0.803. The van der Waals surface area contributed by atoms with Crippen LogP contribution in [-0.4, -0.2) is 27.7 Å². The van der Waals surface area contributed by atoms with Gasteiger partial charge >= 0.3 is 0 Å². The fourth-order valence-corrected chi connectivity index (χ4v) is 1.46. The predicted molar refractivity (Wildman–Crippen MR) is 66.3 cm³/mol. The van der Waals surface area contributed by atoms with Gasteiger partial charge < -0.3 is 15.6 Å². The maximum absolute atomic E-state index is 5.12. The molecule has 1 aromatic heterocycles. The summed E-state index contributed by atoms with van der Waals surface area (Å²) in [4.78, 5) is 7.00. The third kappa shape index (κ3) is 4.48. The average molecular weight is 247 g/mol. The molecule has 4 nitrogen and oxygen atoms in total. The standard InChI is InChI=1S/C9H14N4S.ClH/c14-9(13-7-1-2-7)11-4-3-8-5-10-6-12-8;/h5-7H,1-4H2,(H,10,12)(H2,11,13,14);1H. The van der Waals surface area contributed by atoms with Crippen LogP contribution < -0.4 is 10.6 Å². The molecule has 1 aliphatic rings. The smallest absolute Gasteiger partial charge is 0.166 e. The Balaban J connectivity index is 0.00000112. The highest BCUT2D eigenvalue weighted by Crippen LogP contribution is 2.18. The molecule has 0 aromatic carbocycles. The average Bonchev–Trinajstić information content (AvgIpc) is 2.82. The molecular formula is C9H15ClN4S. The quantitative estimate of drug-likeness (QED) is 0.694. The van der Waals surface area contributed by atoms with Crippen molar-refractivity contribution in [1.29, 1.82) is 0 Å². The summed E-state index contributed by atoms with van der Waals surface area (Å²) in [5.74, 6) is 0. The van der Waals surface area contributed by atoms with Gasteiger partial charge in [0.05, 0.1) is 6.33 Å². The van der Waals surface area contributed by atoms with Crippen molar-refractivity contribution in [3.05, 3.63) is 18.2 Å². The number of nitrogens with one attached hydrogen (secondary N) is 3. The zero-order valence-electron chi connectivity index (χ0n) is 8.32. The Labute approximate surface area is 101 Å². The highest BCUT2D eigenvalue weighted by molar-refractivity contribution is 7.80. The second-order valence-electron chi connectivity index (χ2n) is 3.50. The Morgan fingerprint density at radius 3 is 3.00 bits per heavy atom. The van der Waals surface area contributed by atoms with Crippen LogP contribution in [0.1, 0.15) is 18.5 Å². The number of aromatic amines is 1. The zero-order chi connectivity index (χ0) is 9.80. The molecule has 1 aromatic rings. The molecule has 0 unspecified atom stereocenters. The molecule has 0 radical (unpaired) electrons. The van der Waals surface area contributed by atoms with E-state index < -0.39 is 0 Å². The van der Waals surface area contributed by atoms with Gasteiger partial charge in [0.25, 0.3) is 0 Å². The maximum Gasteiger partial charge on any atom is 0.166 e. The molecule has 0 spiro atoms. The van der Waals surface area contributed by atoms with Crippen molar-refractivity contribution in [2.24, 2.45) is 0 Å². The highest BCUT2D eigenvalue weighted by atomic mass is 35.5. The van der Waals surface area contributed by atoms with Crippen LogP contribution in [0.25, 0.3) is 0 Å². The van der Waals surface area contributed by atoms with Gasteiger partial charge in [-0.3, -0.25) is 0 Å². The first kappa shape index (κ1) is 12.3. The van der Waals surface area contributed by atoms with Crippen molar-refractivity contribution in [3.63, 3.8) is 0 Å². The van der Waals surface area contributed by atoms with Gasteiger partial charge in [0.2, 0.25) is 0 Å². The molecule has 6 heteroatoms. The summed E-state index contributed by atoms with van der Waals surface area (Å²) in [6.45, 7) is 0.848. The van der Waals surface area contributed by atoms with Gasteiger partial charge in [0.15, 0.2) is 5.11 Å². The maximum atomic E-state index is 5.12. The van der Waals surface area contributed by atoms with Crippen molar-refractivity contribution in [2.45, 2.75) is 25.3 Å². The van der Waals surface area contributed by atoms with E-state index in [1.165, 1.54) is 12.8 Å². The number of imidazole rings is 1. The van der Waals surface area contributed by atoms with Gasteiger partial charge in [0, 0.05) is 30.9 Å². The minimum Gasteiger partial charge on any atom is -0.362 e. The van der Waals surface area contributed by atoms with Crippen molar-refractivity contribution >= 4 is 29.7 Å². The number of H-pyrrole nitrogens is 1. The van der Waals surface area contributed by atoms with Gasteiger partial charge in [-0.2, -0.15) is 0 Å².